The highest BCUT2D eigenvalue weighted by Crippen LogP contribution is 2.35. The maximum Gasteiger partial charge on any atom is 0.416 e. The monoisotopic (exact) mass is 353 g/mol. The normalized spacial score (nSPS) is 12.2. The van der Waals surface area contributed by atoms with E-state index in [0.717, 1.165) is 28.0 Å². The molecule has 0 aliphatic heterocycles. The Labute approximate surface area is 149 Å². The van der Waals surface area contributed by atoms with Crippen LogP contribution < -0.4 is 0 Å². The van der Waals surface area contributed by atoms with Crippen molar-refractivity contribution in [1.82, 2.24) is 4.57 Å². The lowest BCUT2D eigenvalue weighted by atomic mass is 10.0. The van der Waals surface area contributed by atoms with Crippen molar-refractivity contribution in [2.45, 2.75) is 26.6 Å². The Morgan fingerprint density at radius 3 is 2.35 bits per heavy atom. The lowest BCUT2D eigenvalue weighted by Crippen LogP contribution is -2.07. The second kappa shape index (κ2) is 5.90. The lowest BCUT2D eigenvalue weighted by Gasteiger charge is -2.12. The van der Waals surface area contributed by atoms with E-state index in [-0.39, 0.29) is 0 Å². The molecular formula is C22H18F3N. The number of para-hydroxylation sites is 1. The first-order valence-corrected chi connectivity index (χ1v) is 8.49. The van der Waals surface area contributed by atoms with Gasteiger partial charge in [-0.2, -0.15) is 13.2 Å². The number of rotatable bonds is 2. The van der Waals surface area contributed by atoms with Crippen LogP contribution in [0, 0.1) is 13.8 Å². The van der Waals surface area contributed by atoms with E-state index in [4.69, 9.17) is 0 Å². The van der Waals surface area contributed by atoms with Crippen LogP contribution in [-0.4, -0.2) is 4.57 Å². The van der Waals surface area contributed by atoms with E-state index in [2.05, 4.69) is 29.7 Å². The van der Waals surface area contributed by atoms with E-state index in [0.29, 0.717) is 12.1 Å². The number of alkyl halides is 3. The summed E-state index contributed by atoms with van der Waals surface area (Å²) in [5.41, 5.74) is 4.45. The van der Waals surface area contributed by atoms with Crippen LogP contribution in [0.1, 0.15) is 22.3 Å². The number of hydrogen-bond acceptors (Lipinski definition) is 0. The summed E-state index contributed by atoms with van der Waals surface area (Å²) in [5.74, 6) is 0. The number of aromatic nitrogens is 1. The van der Waals surface area contributed by atoms with Gasteiger partial charge in [-0.25, -0.2) is 0 Å². The fraction of sp³-hybridized carbons (Fsp3) is 0.182. The lowest BCUT2D eigenvalue weighted by molar-refractivity contribution is -0.137. The Kier molecular flexibility index (Phi) is 3.79. The standard InChI is InChI=1S/C22H18F3N/c1-14-10-11-15(2)21-20(14)18-8-3-4-9-19(18)26(21)13-16-6-5-7-17(12-16)22(23,24)25/h3-12H,13H2,1-2H3. The van der Waals surface area contributed by atoms with Gasteiger partial charge in [0.2, 0.25) is 0 Å². The minimum Gasteiger partial charge on any atom is -0.336 e. The molecule has 0 radical (unpaired) electrons. The van der Waals surface area contributed by atoms with Gasteiger partial charge in [-0.3, -0.25) is 0 Å². The second-order valence-electron chi connectivity index (χ2n) is 6.72. The van der Waals surface area contributed by atoms with Crippen LogP contribution in [-0.2, 0) is 12.7 Å². The molecule has 4 heteroatoms. The predicted molar refractivity (Wildman–Crippen MR) is 99.5 cm³/mol. The first-order valence-electron chi connectivity index (χ1n) is 8.49. The van der Waals surface area contributed by atoms with Crippen molar-refractivity contribution in [3.63, 3.8) is 0 Å². The fourth-order valence-corrected chi connectivity index (χ4v) is 3.72. The number of halogens is 3. The molecule has 0 fully saturated rings. The van der Waals surface area contributed by atoms with Gasteiger partial charge in [0, 0.05) is 22.8 Å². The molecule has 0 aliphatic rings. The second-order valence-corrected chi connectivity index (χ2v) is 6.72. The number of benzene rings is 3. The molecule has 1 aromatic heterocycles. The molecule has 1 nitrogen and oxygen atoms in total. The molecule has 26 heavy (non-hydrogen) atoms. The van der Waals surface area contributed by atoms with E-state index in [1.807, 2.05) is 25.1 Å². The minimum atomic E-state index is -4.33. The van der Waals surface area contributed by atoms with E-state index in [9.17, 15) is 13.2 Å². The zero-order valence-electron chi connectivity index (χ0n) is 14.6. The van der Waals surface area contributed by atoms with E-state index >= 15 is 0 Å². The van der Waals surface area contributed by atoms with E-state index in [1.165, 1.54) is 23.1 Å². The van der Waals surface area contributed by atoms with Crippen LogP contribution in [0.15, 0.2) is 60.7 Å². The predicted octanol–water partition coefficient (Wildman–Crippen LogP) is 6.48. The Morgan fingerprint density at radius 1 is 0.846 bits per heavy atom. The van der Waals surface area contributed by atoms with Gasteiger partial charge in [0.1, 0.15) is 0 Å². The Balaban J connectivity index is 1.96. The molecule has 3 aromatic carbocycles. The van der Waals surface area contributed by atoms with Gasteiger partial charge in [-0.1, -0.05) is 42.5 Å². The topological polar surface area (TPSA) is 4.93 Å². The third-order valence-corrected chi connectivity index (χ3v) is 4.92. The number of fused-ring (bicyclic) bond motifs is 3. The molecule has 0 saturated heterocycles. The van der Waals surface area contributed by atoms with Crippen molar-refractivity contribution in [3.05, 3.63) is 82.9 Å². The van der Waals surface area contributed by atoms with E-state index < -0.39 is 11.7 Å². The summed E-state index contributed by atoms with van der Waals surface area (Å²) >= 11 is 0. The molecule has 132 valence electrons. The van der Waals surface area contributed by atoms with Crippen molar-refractivity contribution in [1.29, 1.82) is 0 Å². The van der Waals surface area contributed by atoms with Crippen LogP contribution in [0.5, 0.6) is 0 Å². The van der Waals surface area contributed by atoms with Crippen LogP contribution in [0.3, 0.4) is 0 Å². The molecule has 4 rings (SSSR count). The van der Waals surface area contributed by atoms with Crippen molar-refractivity contribution in [3.8, 4) is 0 Å². The van der Waals surface area contributed by atoms with Gasteiger partial charge < -0.3 is 4.57 Å². The van der Waals surface area contributed by atoms with Gasteiger partial charge in [-0.15, -0.1) is 0 Å². The number of nitrogens with zero attached hydrogens (tertiary/aromatic N) is 1. The molecule has 0 spiro atoms. The maximum atomic E-state index is 13.1. The Bertz CT molecular complexity index is 1120. The van der Waals surface area contributed by atoms with Gasteiger partial charge in [0.05, 0.1) is 11.1 Å². The molecule has 0 bridgehead atoms. The summed E-state index contributed by atoms with van der Waals surface area (Å²) in [6.07, 6.45) is -4.33. The van der Waals surface area contributed by atoms with Gasteiger partial charge in [0.25, 0.3) is 0 Å². The number of aryl methyl sites for hydroxylation is 2. The minimum absolute atomic E-state index is 0.401. The highest BCUT2D eigenvalue weighted by Gasteiger charge is 2.30. The molecule has 1 heterocycles. The smallest absolute Gasteiger partial charge is 0.336 e. The molecular weight excluding hydrogens is 335 g/mol. The highest BCUT2D eigenvalue weighted by atomic mass is 19.4. The average molecular weight is 353 g/mol. The molecule has 0 atom stereocenters. The molecule has 0 saturated carbocycles. The van der Waals surface area contributed by atoms with E-state index in [1.54, 1.807) is 6.07 Å². The van der Waals surface area contributed by atoms with Crippen molar-refractivity contribution >= 4 is 21.8 Å². The third kappa shape index (κ3) is 2.66. The summed E-state index contributed by atoms with van der Waals surface area (Å²) in [4.78, 5) is 0. The van der Waals surface area contributed by atoms with Crippen LogP contribution in [0.25, 0.3) is 21.8 Å². The third-order valence-electron chi connectivity index (χ3n) is 4.92. The first-order chi connectivity index (χ1) is 12.4. The molecule has 0 aliphatic carbocycles. The first kappa shape index (κ1) is 16.7. The van der Waals surface area contributed by atoms with Crippen molar-refractivity contribution < 1.29 is 13.2 Å². The highest BCUT2D eigenvalue weighted by molar-refractivity contribution is 6.10. The van der Waals surface area contributed by atoms with Gasteiger partial charge >= 0.3 is 6.18 Å². The zero-order chi connectivity index (χ0) is 18.5. The van der Waals surface area contributed by atoms with Crippen LogP contribution >= 0.6 is 0 Å². The molecule has 4 aromatic rings. The summed E-state index contributed by atoms with van der Waals surface area (Å²) in [6.45, 7) is 4.52. The van der Waals surface area contributed by atoms with Crippen molar-refractivity contribution in [2.24, 2.45) is 0 Å². The van der Waals surface area contributed by atoms with Crippen LogP contribution in [0.4, 0.5) is 13.2 Å². The quantitative estimate of drug-likeness (QED) is 0.389. The molecule has 0 N–H and O–H groups in total. The van der Waals surface area contributed by atoms with Crippen molar-refractivity contribution in [2.75, 3.05) is 0 Å². The maximum absolute atomic E-state index is 13.1. The Hall–Kier alpha value is -2.75. The average Bonchev–Trinajstić information content (AvgIpc) is 2.94. The van der Waals surface area contributed by atoms with Gasteiger partial charge in [-0.05, 0) is 48.7 Å². The summed E-state index contributed by atoms with van der Waals surface area (Å²) < 4.78 is 41.3. The zero-order valence-corrected chi connectivity index (χ0v) is 14.6. The summed E-state index contributed by atoms with van der Waals surface area (Å²) in [6, 6.07) is 17.8. The Morgan fingerprint density at radius 2 is 1.58 bits per heavy atom. The largest absolute Gasteiger partial charge is 0.416 e. The summed E-state index contributed by atoms with van der Waals surface area (Å²) in [7, 11) is 0. The van der Waals surface area contributed by atoms with Crippen LogP contribution in [0.2, 0.25) is 0 Å². The van der Waals surface area contributed by atoms with Gasteiger partial charge in [0.15, 0.2) is 0 Å². The molecule has 0 amide bonds. The number of hydrogen-bond donors (Lipinski definition) is 0. The fourth-order valence-electron chi connectivity index (χ4n) is 3.72. The molecule has 0 unspecified atom stereocenters. The SMILES string of the molecule is Cc1ccc(C)c2c1c1ccccc1n2Cc1cccc(C(F)(F)F)c1. The summed E-state index contributed by atoms with van der Waals surface area (Å²) in [5, 5.41) is 2.31.